The smallest absolute Gasteiger partial charge is 0.126 e. The Morgan fingerprint density at radius 1 is 1.06 bits per heavy atom. The Hall–Kier alpha value is -1.33. The molecule has 0 aliphatic carbocycles. The van der Waals surface area contributed by atoms with Crippen molar-refractivity contribution in [2.75, 3.05) is 6.54 Å². The molecule has 2 aromatic rings. The van der Waals surface area contributed by atoms with Crippen LogP contribution in [0.25, 0.3) is 0 Å². The van der Waals surface area contributed by atoms with Crippen molar-refractivity contribution >= 4 is 11.3 Å². The van der Waals surface area contributed by atoms with E-state index in [2.05, 4.69) is 10.2 Å². The lowest BCUT2D eigenvalue weighted by Crippen LogP contribution is -2.01. The summed E-state index contributed by atoms with van der Waals surface area (Å²) >= 11 is 1.56. The van der Waals surface area contributed by atoms with Crippen LogP contribution in [0.3, 0.4) is 0 Å². The molecular weight excluding hydrogens is 237 g/mol. The van der Waals surface area contributed by atoms with Gasteiger partial charge in [-0.2, -0.15) is 0 Å². The van der Waals surface area contributed by atoms with Crippen molar-refractivity contribution in [1.82, 2.24) is 10.2 Å². The van der Waals surface area contributed by atoms with Gasteiger partial charge in [0.2, 0.25) is 0 Å². The quantitative estimate of drug-likeness (QED) is 0.883. The largest absolute Gasteiger partial charge is 0.330 e. The van der Waals surface area contributed by atoms with E-state index in [0.717, 1.165) is 28.4 Å². The molecule has 0 aliphatic heterocycles. The third-order valence-corrected chi connectivity index (χ3v) is 3.48. The van der Waals surface area contributed by atoms with Crippen LogP contribution in [0.2, 0.25) is 0 Å². The summed E-state index contributed by atoms with van der Waals surface area (Å²) in [5, 5.41) is 10.0. The topological polar surface area (TPSA) is 51.8 Å². The van der Waals surface area contributed by atoms with E-state index in [-0.39, 0.29) is 5.82 Å². The molecule has 0 saturated heterocycles. The molecule has 0 aliphatic rings. The summed E-state index contributed by atoms with van der Waals surface area (Å²) in [5.41, 5.74) is 6.17. The molecule has 2 rings (SSSR count). The van der Waals surface area contributed by atoms with Gasteiger partial charge in [-0.3, -0.25) is 0 Å². The van der Waals surface area contributed by atoms with Gasteiger partial charge in [0, 0.05) is 12.8 Å². The van der Waals surface area contributed by atoms with Gasteiger partial charge in [-0.1, -0.05) is 18.2 Å². The summed E-state index contributed by atoms with van der Waals surface area (Å²) < 4.78 is 13.4. The monoisotopic (exact) mass is 251 g/mol. The zero-order chi connectivity index (χ0) is 12.1. The van der Waals surface area contributed by atoms with E-state index >= 15 is 0 Å². The molecule has 5 heteroatoms. The molecule has 1 aromatic carbocycles. The number of aryl methyl sites for hydroxylation is 2. The molecule has 0 fully saturated rings. The number of halogens is 1. The average molecular weight is 251 g/mol. The van der Waals surface area contributed by atoms with Crippen LogP contribution >= 0.6 is 11.3 Å². The maximum Gasteiger partial charge on any atom is 0.126 e. The summed E-state index contributed by atoms with van der Waals surface area (Å²) in [6, 6.07) is 6.83. The molecule has 0 spiro atoms. The van der Waals surface area contributed by atoms with Crippen molar-refractivity contribution in [2.24, 2.45) is 5.73 Å². The van der Waals surface area contributed by atoms with Crippen molar-refractivity contribution in [3.8, 4) is 0 Å². The standard InChI is InChI=1S/C12H14FN3S/c13-10-4-2-1-3-9(10)5-6-11-15-16-12(17-11)7-8-14/h1-4H,5-8,14H2. The summed E-state index contributed by atoms with van der Waals surface area (Å²) in [4.78, 5) is 0. The summed E-state index contributed by atoms with van der Waals surface area (Å²) in [7, 11) is 0. The minimum Gasteiger partial charge on any atom is -0.330 e. The van der Waals surface area contributed by atoms with Gasteiger partial charge >= 0.3 is 0 Å². The summed E-state index contributed by atoms with van der Waals surface area (Å²) in [6.07, 6.45) is 2.14. The lowest BCUT2D eigenvalue weighted by atomic mass is 10.1. The highest BCUT2D eigenvalue weighted by Crippen LogP contribution is 2.14. The van der Waals surface area contributed by atoms with Crippen LogP contribution in [0, 0.1) is 5.82 Å². The molecule has 2 N–H and O–H groups in total. The Morgan fingerprint density at radius 3 is 2.47 bits per heavy atom. The van der Waals surface area contributed by atoms with Crippen LogP contribution in [0.4, 0.5) is 4.39 Å². The van der Waals surface area contributed by atoms with Crippen LogP contribution in [-0.4, -0.2) is 16.7 Å². The zero-order valence-electron chi connectivity index (χ0n) is 9.40. The Labute approximate surface area is 104 Å². The highest BCUT2D eigenvalue weighted by Gasteiger charge is 2.06. The normalized spacial score (nSPS) is 10.7. The van der Waals surface area contributed by atoms with Crippen LogP contribution < -0.4 is 5.73 Å². The third-order valence-electron chi connectivity index (χ3n) is 2.43. The second kappa shape index (κ2) is 5.84. The predicted molar refractivity (Wildman–Crippen MR) is 66.5 cm³/mol. The SMILES string of the molecule is NCCc1nnc(CCc2ccccc2F)s1. The van der Waals surface area contributed by atoms with Crippen molar-refractivity contribution in [3.05, 3.63) is 45.7 Å². The minimum absolute atomic E-state index is 0.154. The maximum atomic E-state index is 13.4. The van der Waals surface area contributed by atoms with Crippen LogP contribution in [0.5, 0.6) is 0 Å². The van der Waals surface area contributed by atoms with Crippen LogP contribution in [0.1, 0.15) is 15.6 Å². The molecule has 3 nitrogen and oxygen atoms in total. The van der Waals surface area contributed by atoms with Gasteiger partial charge in [-0.05, 0) is 24.6 Å². The van der Waals surface area contributed by atoms with E-state index in [1.54, 1.807) is 23.5 Å². The van der Waals surface area contributed by atoms with E-state index in [9.17, 15) is 4.39 Å². The third kappa shape index (κ3) is 3.31. The number of hydrogen-bond donors (Lipinski definition) is 1. The Morgan fingerprint density at radius 2 is 1.76 bits per heavy atom. The highest BCUT2D eigenvalue weighted by atomic mass is 32.1. The van der Waals surface area contributed by atoms with E-state index in [4.69, 9.17) is 5.73 Å². The number of aromatic nitrogens is 2. The lowest BCUT2D eigenvalue weighted by molar-refractivity contribution is 0.608. The fourth-order valence-corrected chi connectivity index (χ4v) is 2.42. The molecule has 17 heavy (non-hydrogen) atoms. The first-order valence-electron chi connectivity index (χ1n) is 5.54. The lowest BCUT2D eigenvalue weighted by Gasteiger charge is -1.99. The molecule has 1 heterocycles. The molecule has 0 radical (unpaired) electrons. The molecule has 90 valence electrons. The Kier molecular flexibility index (Phi) is 4.17. The molecule has 0 amide bonds. The first-order chi connectivity index (χ1) is 8.29. The summed E-state index contributed by atoms with van der Waals surface area (Å²) in [5.74, 6) is -0.154. The van der Waals surface area contributed by atoms with Gasteiger partial charge in [0.1, 0.15) is 15.8 Å². The molecular formula is C12H14FN3S. The fourth-order valence-electron chi connectivity index (χ4n) is 1.56. The average Bonchev–Trinajstić information content (AvgIpc) is 2.76. The second-order valence-electron chi connectivity index (χ2n) is 3.72. The molecule has 1 aromatic heterocycles. The Balaban J connectivity index is 1.95. The fraction of sp³-hybridized carbons (Fsp3) is 0.333. The first kappa shape index (κ1) is 12.1. The number of nitrogens with two attached hydrogens (primary N) is 1. The highest BCUT2D eigenvalue weighted by molar-refractivity contribution is 7.11. The maximum absolute atomic E-state index is 13.4. The number of benzene rings is 1. The Bertz CT molecular complexity index is 484. The van der Waals surface area contributed by atoms with Gasteiger partial charge in [0.25, 0.3) is 0 Å². The van der Waals surface area contributed by atoms with Crippen molar-refractivity contribution in [1.29, 1.82) is 0 Å². The second-order valence-corrected chi connectivity index (χ2v) is 4.87. The van der Waals surface area contributed by atoms with Crippen molar-refractivity contribution < 1.29 is 4.39 Å². The van der Waals surface area contributed by atoms with Crippen molar-refractivity contribution in [2.45, 2.75) is 19.3 Å². The number of rotatable bonds is 5. The van der Waals surface area contributed by atoms with E-state index in [1.165, 1.54) is 6.07 Å². The van der Waals surface area contributed by atoms with E-state index < -0.39 is 0 Å². The summed E-state index contributed by atoms with van der Waals surface area (Å²) in [6.45, 7) is 0.585. The predicted octanol–water partition coefficient (Wildman–Crippen LogP) is 1.96. The number of hydrogen-bond acceptors (Lipinski definition) is 4. The van der Waals surface area contributed by atoms with Gasteiger partial charge in [-0.25, -0.2) is 4.39 Å². The molecule has 0 unspecified atom stereocenters. The van der Waals surface area contributed by atoms with Crippen LogP contribution in [-0.2, 0) is 19.3 Å². The van der Waals surface area contributed by atoms with Gasteiger partial charge in [-0.15, -0.1) is 21.5 Å². The van der Waals surface area contributed by atoms with E-state index in [0.29, 0.717) is 13.0 Å². The van der Waals surface area contributed by atoms with E-state index in [1.807, 2.05) is 6.07 Å². The van der Waals surface area contributed by atoms with Gasteiger partial charge < -0.3 is 5.73 Å². The molecule has 0 bridgehead atoms. The van der Waals surface area contributed by atoms with Gasteiger partial charge in [0.05, 0.1) is 0 Å². The molecule has 0 saturated carbocycles. The zero-order valence-corrected chi connectivity index (χ0v) is 10.2. The van der Waals surface area contributed by atoms with Crippen molar-refractivity contribution in [3.63, 3.8) is 0 Å². The number of nitrogens with zero attached hydrogens (tertiary/aromatic N) is 2. The van der Waals surface area contributed by atoms with Crippen LogP contribution in [0.15, 0.2) is 24.3 Å². The van der Waals surface area contributed by atoms with Gasteiger partial charge in [0.15, 0.2) is 0 Å². The minimum atomic E-state index is -0.154. The first-order valence-corrected chi connectivity index (χ1v) is 6.36. The molecule has 0 atom stereocenters.